The minimum Gasteiger partial charge on any atom is -0.491 e. The van der Waals surface area contributed by atoms with Crippen molar-refractivity contribution in [1.29, 1.82) is 0 Å². The number of rotatable bonds is 8. The van der Waals surface area contributed by atoms with Gasteiger partial charge in [0.15, 0.2) is 0 Å². The number of allylic oxidation sites excluding steroid dienone is 1. The minimum absolute atomic E-state index is 0.212. The monoisotopic (exact) mass is 397 g/mol. The van der Waals surface area contributed by atoms with E-state index in [1.165, 1.54) is 6.08 Å². The van der Waals surface area contributed by atoms with Crippen LogP contribution in [0.3, 0.4) is 0 Å². The van der Waals surface area contributed by atoms with Crippen LogP contribution in [0.5, 0.6) is 5.75 Å². The van der Waals surface area contributed by atoms with Gasteiger partial charge < -0.3 is 19.8 Å². The number of piperazine rings is 1. The largest absolute Gasteiger partial charge is 0.491 e. The highest BCUT2D eigenvalue weighted by Crippen LogP contribution is 2.19. The van der Waals surface area contributed by atoms with Crippen LogP contribution in [0.15, 0.2) is 54.7 Å². The van der Waals surface area contributed by atoms with Crippen LogP contribution in [0.25, 0.3) is 5.57 Å². The molecule has 1 aromatic heterocycles. The Kier molecular flexibility index (Phi) is 7.21. The molecule has 1 aliphatic heterocycles. The van der Waals surface area contributed by atoms with E-state index in [0.717, 1.165) is 37.6 Å². The molecular formula is C22H27N3O4. The number of hydrogen-bond donors (Lipinski definition) is 2. The summed E-state index contributed by atoms with van der Waals surface area (Å²) in [5, 5.41) is 19.1. The highest BCUT2D eigenvalue weighted by molar-refractivity contribution is 5.89. The van der Waals surface area contributed by atoms with Gasteiger partial charge in [-0.2, -0.15) is 0 Å². The van der Waals surface area contributed by atoms with Gasteiger partial charge >= 0.3 is 5.97 Å². The summed E-state index contributed by atoms with van der Waals surface area (Å²) in [6, 6.07) is 13.1. The van der Waals surface area contributed by atoms with Gasteiger partial charge in [0, 0.05) is 45.0 Å². The average Bonchev–Trinajstić information content (AvgIpc) is 2.73. The molecule has 7 heteroatoms. The maximum absolute atomic E-state index is 10.7. The zero-order valence-corrected chi connectivity index (χ0v) is 16.6. The van der Waals surface area contributed by atoms with Crippen molar-refractivity contribution in [2.75, 3.05) is 44.2 Å². The van der Waals surface area contributed by atoms with E-state index in [9.17, 15) is 9.90 Å². The van der Waals surface area contributed by atoms with E-state index in [4.69, 9.17) is 9.84 Å². The predicted molar refractivity (Wildman–Crippen MR) is 112 cm³/mol. The number of aromatic nitrogens is 1. The molecule has 0 aliphatic carbocycles. The molecular weight excluding hydrogens is 370 g/mol. The third-order valence-corrected chi connectivity index (χ3v) is 4.91. The zero-order chi connectivity index (χ0) is 20.6. The van der Waals surface area contributed by atoms with Crippen LogP contribution in [-0.2, 0) is 4.79 Å². The normalized spacial score (nSPS) is 16.5. The van der Waals surface area contributed by atoms with E-state index < -0.39 is 12.1 Å². The molecule has 2 heterocycles. The molecule has 154 valence electrons. The first kappa shape index (κ1) is 20.8. The SMILES string of the molecule is CC(=CC(=O)O)c1ccc(OCC(O)CN2CCN(c3ccccn3)CC2)cc1. The molecule has 2 N–H and O–H groups in total. The fourth-order valence-corrected chi connectivity index (χ4v) is 3.33. The molecule has 0 spiro atoms. The summed E-state index contributed by atoms with van der Waals surface area (Å²) >= 11 is 0. The fourth-order valence-electron chi connectivity index (χ4n) is 3.33. The first-order chi connectivity index (χ1) is 14.0. The van der Waals surface area contributed by atoms with Crippen molar-refractivity contribution in [3.05, 3.63) is 60.3 Å². The number of carboxylic acid groups (broad SMARTS) is 1. The Labute approximate surface area is 170 Å². The summed E-state index contributed by atoms with van der Waals surface area (Å²) in [5.41, 5.74) is 1.50. The van der Waals surface area contributed by atoms with Crippen molar-refractivity contribution < 1.29 is 19.7 Å². The smallest absolute Gasteiger partial charge is 0.328 e. The molecule has 7 nitrogen and oxygen atoms in total. The number of carbonyl (C=O) groups is 1. The van der Waals surface area contributed by atoms with Crippen molar-refractivity contribution in [2.45, 2.75) is 13.0 Å². The molecule has 1 unspecified atom stereocenters. The van der Waals surface area contributed by atoms with E-state index in [0.29, 0.717) is 17.9 Å². The lowest BCUT2D eigenvalue weighted by Gasteiger charge is -2.36. The van der Waals surface area contributed by atoms with Gasteiger partial charge in [0.2, 0.25) is 0 Å². The van der Waals surface area contributed by atoms with Crippen molar-refractivity contribution in [3.8, 4) is 5.75 Å². The number of carboxylic acids is 1. The first-order valence-corrected chi connectivity index (χ1v) is 9.72. The van der Waals surface area contributed by atoms with E-state index in [1.807, 2.05) is 30.3 Å². The number of aliphatic carboxylic acids is 1. The second-order valence-electron chi connectivity index (χ2n) is 7.13. The molecule has 1 aromatic carbocycles. The Hall–Kier alpha value is -2.90. The number of hydrogen-bond acceptors (Lipinski definition) is 6. The van der Waals surface area contributed by atoms with Crippen molar-refractivity contribution >= 4 is 17.4 Å². The number of aliphatic hydroxyl groups excluding tert-OH is 1. The molecule has 0 amide bonds. The number of anilines is 1. The first-order valence-electron chi connectivity index (χ1n) is 9.72. The lowest BCUT2D eigenvalue weighted by Crippen LogP contribution is -2.49. The van der Waals surface area contributed by atoms with Gasteiger partial charge in [-0.05, 0) is 42.3 Å². The summed E-state index contributed by atoms with van der Waals surface area (Å²) in [5.74, 6) is 0.677. The summed E-state index contributed by atoms with van der Waals surface area (Å²) in [6.45, 7) is 6.04. The third-order valence-electron chi connectivity index (χ3n) is 4.91. The lowest BCUT2D eigenvalue weighted by molar-refractivity contribution is -0.131. The average molecular weight is 397 g/mol. The summed E-state index contributed by atoms with van der Waals surface area (Å²) < 4.78 is 5.68. The van der Waals surface area contributed by atoms with Gasteiger partial charge in [-0.3, -0.25) is 4.90 Å². The van der Waals surface area contributed by atoms with Gasteiger partial charge in [-0.25, -0.2) is 9.78 Å². The molecule has 3 rings (SSSR count). The second kappa shape index (κ2) is 10.0. The maximum Gasteiger partial charge on any atom is 0.328 e. The Morgan fingerprint density at radius 2 is 1.90 bits per heavy atom. The van der Waals surface area contributed by atoms with Crippen LogP contribution < -0.4 is 9.64 Å². The van der Waals surface area contributed by atoms with Crippen LogP contribution in [-0.4, -0.2) is 71.5 Å². The van der Waals surface area contributed by atoms with Crippen molar-refractivity contribution in [2.24, 2.45) is 0 Å². The fraction of sp³-hybridized carbons (Fsp3) is 0.364. The quantitative estimate of drug-likeness (QED) is 0.660. The van der Waals surface area contributed by atoms with Crippen molar-refractivity contribution in [3.63, 3.8) is 0 Å². The van der Waals surface area contributed by atoms with Crippen LogP contribution >= 0.6 is 0 Å². The van der Waals surface area contributed by atoms with Gasteiger partial charge in [-0.15, -0.1) is 0 Å². The maximum atomic E-state index is 10.7. The number of benzene rings is 1. The van der Waals surface area contributed by atoms with E-state index >= 15 is 0 Å². The molecule has 0 saturated carbocycles. The molecule has 0 radical (unpaired) electrons. The highest BCUT2D eigenvalue weighted by Gasteiger charge is 2.20. The molecule has 29 heavy (non-hydrogen) atoms. The van der Waals surface area contributed by atoms with Gasteiger partial charge in [0.25, 0.3) is 0 Å². The Morgan fingerprint density at radius 3 is 2.52 bits per heavy atom. The molecule has 1 fully saturated rings. The molecule has 1 saturated heterocycles. The molecule has 0 bridgehead atoms. The van der Waals surface area contributed by atoms with E-state index in [1.54, 1.807) is 25.3 Å². The van der Waals surface area contributed by atoms with Gasteiger partial charge in [0.1, 0.15) is 24.3 Å². The molecule has 2 aromatic rings. The second-order valence-corrected chi connectivity index (χ2v) is 7.13. The minimum atomic E-state index is -0.966. The van der Waals surface area contributed by atoms with Crippen molar-refractivity contribution in [1.82, 2.24) is 9.88 Å². The number of pyridine rings is 1. The number of ether oxygens (including phenoxy) is 1. The zero-order valence-electron chi connectivity index (χ0n) is 16.6. The highest BCUT2D eigenvalue weighted by atomic mass is 16.5. The molecule has 1 atom stereocenters. The Bertz CT molecular complexity index is 816. The van der Waals surface area contributed by atoms with Gasteiger partial charge in [-0.1, -0.05) is 18.2 Å². The summed E-state index contributed by atoms with van der Waals surface area (Å²) in [6.07, 6.45) is 2.40. The van der Waals surface area contributed by atoms with Crippen LogP contribution in [0.2, 0.25) is 0 Å². The predicted octanol–water partition coefficient (Wildman–Crippen LogP) is 2.13. The van der Waals surface area contributed by atoms with Crippen LogP contribution in [0.1, 0.15) is 12.5 Å². The van der Waals surface area contributed by atoms with E-state index in [-0.39, 0.29) is 6.61 Å². The number of β-amino-alcohol motifs (C(OH)–C–C–N with tert-alkyl or cyclic N) is 1. The lowest BCUT2D eigenvalue weighted by atomic mass is 10.1. The van der Waals surface area contributed by atoms with E-state index in [2.05, 4.69) is 14.8 Å². The number of nitrogens with zero attached hydrogens (tertiary/aromatic N) is 3. The van der Waals surface area contributed by atoms with Crippen LogP contribution in [0, 0.1) is 0 Å². The standard InChI is InChI=1S/C22H27N3O4/c1-17(14-22(27)28)18-5-7-20(8-6-18)29-16-19(26)15-24-10-12-25(13-11-24)21-4-2-3-9-23-21/h2-9,14,19,26H,10-13,15-16H2,1H3,(H,27,28). The van der Waals surface area contributed by atoms with Crippen LogP contribution in [0.4, 0.5) is 5.82 Å². The van der Waals surface area contributed by atoms with Gasteiger partial charge in [0.05, 0.1) is 0 Å². The topological polar surface area (TPSA) is 86.1 Å². The molecule has 1 aliphatic rings. The summed E-state index contributed by atoms with van der Waals surface area (Å²) in [7, 11) is 0. The Morgan fingerprint density at radius 1 is 1.17 bits per heavy atom. The number of aliphatic hydroxyl groups is 1. The summed E-state index contributed by atoms with van der Waals surface area (Å²) in [4.78, 5) is 19.6. The Balaban J connectivity index is 1.41. The third kappa shape index (κ3) is 6.30.